The van der Waals surface area contributed by atoms with Crippen LogP contribution in [0.1, 0.15) is 59.8 Å². The third-order valence-corrected chi connectivity index (χ3v) is 5.21. The van der Waals surface area contributed by atoms with Crippen LogP contribution in [0.15, 0.2) is 0 Å². The average molecular weight is 457 g/mol. The van der Waals surface area contributed by atoms with Crippen molar-refractivity contribution in [3.8, 4) is 0 Å². The topological polar surface area (TPSA) is 179 Å². The summed E-state index contributed by atoms with van der Waals surface area (Å²) < 4.78 is 0. The maximum Gasteiger partial charge on any atom is 0.326 e. The van der Waals surface area contributed by atoms with Gasteiger partial charge in [0.2, 0.25) is 17.7 Å². The van der Waals surface area contributed by atoms with Crippen LogP contribution in [0.2, 0.25) is 0 Å². The Balaban J connectivity index is 2.92. The highest BCUT2D eigenvalue weighted by Gasteiger charge is 2.38. The summed E-state index contributed by atoms with van der Waals surface area (Å²) in [6.07, 6.45) is 0.883. The fraction of sp³-hybridized carbons (Fsp3) is 0.762. The van der Waals surface area contributed by atoms with E-state index in [0.717, 1.165) is 0 Å². The number of amides is 3. The van der Waals surface area contributed by atoms with Gasteiger partial charge in [-0.2, -0.15) is 0 Å². The van der Waals surface area contributed by atoms with E-state index in [-0.39, 0.29) is 31.2 Å². The van der Waals surface area contributed by atoms with Crippen molar-refractivity contribution in [1.29, 1.82) is 0 Å². The predicted octanol–water partition coefficient (Wildman–Crippen LogP) is -0.0742. The van der Waals surface area contributed by atoms with Gasteiger partial charge in [0.05, 0.1) is 12.5 Å². The van der Waals surface area contributed by atoms with Crippen LogP contribution in [-0.4, -0.2) is 75.5 Å². The number of carbonyl (C=O) groups excluding carboxylic acids is 3. The van der Waals surface area contributed by atoms with Crippen LogP contribution in [0.25, 0.3) is 0 Å². The van der Waals surface area contributed by atoms with E-state index in [4.69, 9.17) is 10.8 Å². The van der Waals surface area contributed by atoms with Gasteiger partial charge in [0, 0.05) is 6.54 Å². The second-order valence-electron chi connectivity index (χ2n) is 9.11. The van der Waals surface area contributed by atoms with Crippen LogP contribution >= 0.6 is 0 Å². The summed E-state index contributed by atoms with van der Waals surface area (Å²) in [5, 5.41) is 23.4. The van der Waals surface area contributed by atoms with Crippen molar-refractivity contribution in [2.24, 2.45) is 17.6 Å². The van der Waals surface area contributed by atoms with Gasteiger partial charge in [-0.1, -0.05) is 27.7 Å². The molecule has 0 spiro atoms. The average Bonchev–Trinajstić information content (AvgIpc) is 3.14. The number of hydrogen-bond acceptors (Lipinski definition) is 6. The number of carboxylic acids is 2. The molecule has 1 heterocycles. The Labute approximate surface area is 188 Å². The molecule has 0 bridgehead atoms. The van der Waals surface area contributed by atoms with Crippen molar-refractivity contribution in [3.63, 3.8) is 0 Å². The Morgan fingerprint density at radius 3 is 2.03 bits per heavy atom. The maximum absolute atomic E-state index is 12.9. The molecule has 3 amide bonds. The minimum atomic E-state index is -1.26. The summed E-state index contributed by atoms with van der Waals surface area (Å²) >= 11 is 0. The van der Waals surface area contributed by atoms with E-state index in [1.54, 1.807) is 0 Å². The molecule has 1 saturated heterocycles. The molecule has 0 aromatic rings. The van der Waals surface area contributed by atoms with Gasteiger partial charge in [-0.25, -0.2) is 4.79 Å². The second kappa shape index (κ2) is 12.4. The molecule has 0 aromatic carbocycles. The molecule has 0 saturated carbocycles. The Morgan fingerprint density at radius 2 is 1.53 bits per heavy atom. The SMILES string of the molecule is CC(C)CC(NC(=O)C(CC(C)C)NC(=O)C1CCCN1C(=O)C(N)CC(=O)O)C(=O)O. The first kappa shape index (κ1) is 27.3. The summed E-state index contributed by atoms with van der Waals surface area (Å²) in [6.45, 7) is 7.68. The molecular weight excluding hydrogens is 420 g/mol. The zero-order valence-electron chi connectivity index (χ0n) is 19.2. The summed E-state index contributed by atoms with van der Waals surface area (Å²) in [5.41, 5.74) is 5.68. The quantitative estimate of drug-likeness (QED) is 0.270. The number of carbonyl (C=O) groups is 5. The first-order valence-corrected chi connectivity index (χ1v) is 10.9. The molecule has 182 valence electrons. The molecule has 1 aliphatic heterocycles. The molecule has 0 aromatic heterocycles. The van der Waals surface area contributed by atoms with Crippen molar-refractivity contribution in [1.82, 2.24) is 15.5 Å². The molecule has 0 aliphatic carbocycles. The van der Waals surface area contributed by atoms with Gasteiger partial charge in [0.1, 0.15) is 18.1 Å². The molecule has 0 radical (unpaired) electrons. The number of nitrogens with zero attached hydrogens (tertiary/aromatic N) is 1. The number of carboxylic acid groups (broad SMARTS) is 2. The number of likely N-dealkylation sites (tertiary alicyclic amines) is 1. The predicted molar refractivity (Wildman–Crippen MR) is 115 cm³/mol. The number of rotatable bonds is 12. The first-order valence-electron chi connectivity index (χ1n) is 10.9. The Hall–Kier alpha value is -2.69. The zero-order valence-corrected chi connectivity index (χ0v) is 19.2. The van der Waals surface area contributed by atoms with Crippen molar-refractivity contribution < 1.29 is 34.2 Å². The molecule has 4 unspecified atom stereocenters. The van der Waals surface area contributed by atoms with Crippen LogP contribution in [0.4, 0.5) is 0 Å². The molecule has 4 atom stereocenters. The van der Waals surface area contributed by atoms with Crippen molar-refractivity contribution >= 4 is 29.7 Å². The van der Waals surface area contributed by atoms with E-state index in [9.17, 15) is 29.1 Å². The monoisotopic (exact) mass is 456 g/mol. The fourth-order valence-electron chi connectivity index (χ4n) is 3.73. The van der Waals surface area contributed by atoms with Gasteiger partial charge >= 0.3 is 11.9 Å². The molecule has 6 N–H and O–H groups in total. The van der Waals surface area contributed by atoms with Crippen LogP contribution in [-0.2, 0) is 24.0 Å². The molecule has 11 nitrogen and oxygen atoms in total. The summed E-state index contributed by atoms with van der Waals surface area (Å²) in [4.78, 5) is 61.9. The van der Waals surface area contributed by atoms with Crippen LogP contribution in [0, 0.1) is 11.8 Å². The lowest BCUT2D eigenvalue weighted by atomic mass is 10.00. The highest BCUT2D eigenvalue weighted by Crippen LogP contribution is 2.20. The Bertz CT molecular complexity index is 710. The lowest BCUT2D eigenvalue weighted by Crippen LogP contribution is -2.57. The minimum absolute atomic E-state index is 0.0322. The second-order valence-corrected chi connectivity index (χ2v) is 9.11. The zero-order chi connectivity index (χ0) is 24.6. The number of hydrogen-bond donors (Lipinski definition) is 5. The Kier molecular flexibility index (Phi) is 10.6. The van der Waals surface area contributed by atoms with E-state index in [1.165, 1.54) is 4.90 Å². The number of nitrogens with two attached hydrogens (primary N) is 1. The van der Waals surface area contributed by atoms with Gasteiger partial charge in [-0.05, 0) is 37.5 Å². The number of nitrogens with one attached hydrogen (secondary N) is 2. The first-order chi connectivity index (χ1) is 14.8. The summed E-state index contributed by atoms with van der Waals surface area (Å²) in [6, 6.07) is -4.17. The lowest BCUT2D eigenvalue weighted by molar-refractivity contribution is -0.144. The van der Waals surface area contributed by atoms with Crippen molar-refractivity contribution in [2.75, 3.05) is 6.54 Å². The molecule has 1 fully saturated rings. The molecule has 32 heavy (non-hydrogen) atoms. The van der Waals surface area contributed by atoms with Crippen LogP contribution < -0.4 is 16.4 Å². The molecule has 1 aliphatic rings. The normalized spacial score (nSPS) is 18.8. The highest BCUT2D eigenvalue weighted by atomic mass is 16.4. The van der Waals surface area contributed by atoms with E-state index >= 15 is 0 Å². The van der Waals surface area contributed by atoms with Crippen molar-refractivity contribution in [2.45, 2.75) is 84.0 Å². The molecular formula is C21H36N4O7. The third kappa shape index (κ3) is 8.45. The van der Waals surface area contributed by atoms with Gasteiger partial charge in [0.25, 0.3) is 0 Å². The maximum atomic E-state index is 12.9. The third-order valence-electron chi connectivity index (χ3n) is 5.21. The van der Waals surface area contributed by atoms with Crippen LogP contribution in [0.5, 0.6) is 0 Å². The van der Waals surface area contributed by atoms with E-state index in [0.29, 0.717) is 12.8 Å². The number of aliphatic carboxylic acids is 2. The van der Waals surface area contributed by atoms with Crippen molar-refractivity contribution in [3.05, 3.63) is 0 Å². The Morgan fingerprint density at radius 1 is 0.969 bits per heavy atom. The van der Waals surface area contributed by atoms with E-state index in [1.807, 2.05) is 27.7 Å². The minimum Gasteiger partial charge on any atom is -0.481 e. The standard InChI is InChI=1S/C21H36N4O7/c1-11(2)8-14(18(28)24-15(21(31)32)9-12(3)4)23-19(29)16-6-5-7-25(16)20(30)13(22)10-17(26)27/h11-16H,5-10,22H2,1-4H3,(H,23,29)(H,24,28)(H,26,27)(H,31,32). The lowest BCUT2D eigenvalue weighted by Gasteiger charge is -2.29. The fourth-order valence-corrected chi connectivity index (χ4v) is 3.73. The summed E-state index contributed by atoms with van der Waals surface area (Å²) in [7, 11) is 0. The van der Waals surface area contributed by atoms with Gasteiger partial charge < -0.3 is 31.5 Å². The van der Waals surface area contributed by atoms with Gasteiger partial charge in [0.15, 0.2) is 0 Å². The van der Waals surface area contributed by atoms with E-state index < -0.39 is 60.2 Å². The van der Waals surface area contributed by atoms with Gasteiger partial charge in [-0.3, -0.25) is 19.2 Å². The highest BCUT2D eigenvalue weighted by molar-refractivity contribution is 5.95. The van der Waals surface area contributed by atoms with Crippen LogP contribution in [0.3, 0.4) is 0 Å². The molecule has 1 rings (SSSR count). The summed E-state index contributed by atoms with van der Waals surface area (Å²) in [5.74, 6) is -4.06. The van der Waals surface area contributed by atoms with Gasteiger partial charge in [-0.15, -0.1) is 0 Å². The van der Waals surface area contributed by atoms with E-state index in [2.05, 4.69) is 10.6 Å². The largest absolute Gasteiger partial charge is 0.481 e. The molecule has 11 heteroatoms. The smallest absolute Gasteiger partial charge is 0.326 e.